The highest BCUT2D eigenvalue weighted by Gasteiger charge is 2.28. The van der Waals surface area contributed by atoms with E-state index in [0.717, 1.165) is 19.4 Å². The minimum absolute atomic E-state index is 0.0478. The third-order valence-corrected chi connectivity index (χ3v) is 6.88. The second-order valence-electron chi connectivity index (χ2n) is 8.70. The minimum Gasteiger partial charge on any atom is -0.351 e. The molecule has 1 aromatic rings. The first kappa shape index (κ1) is 21.9. The SMILES string of the molecule is CC1CCN(S(=O)(=O)c2ccc(C(=O)NCC(C)(C)CN(C)C)cc2)CC1. The molecule has 2 rings (SSSR count). The van der Waals surface area contributed by atoms with Gasteiger partial charge in [-0.1, -0.05) is 20.8 Å². The Morgan fingerprint density at radius 2 is 1.74 bits per heavy atom. The molecule has 7 heteroatoms. The molecule has 0 spiro atoms. The highest BCUT2D eigenvalue weighted by Crippen LogP contribution is 2.23. The Kier molecular flexibility index (Phi) is 7.05. The van der Waals surface area contributed by atoms with E-state index in [0.29, 0.717) is 31.1 Å². The Balaban J connectivity index is 2.01. The number of benzene rings is 1. The van der Waals surface area contributed by atoms with Gasteiger partial charge in [0.15, 0.2) is 0 Å². The fourth-order valence-corrected chi connectivity index (χ4v) is 4.96. The predicted octanol–water partition coefficient (Wildman–Crippen LogP) is 2.42. The molecule has 0 aliphatic carbocycles. The summed E-state index contributed by atoms with van der Waals surface area (Å²) >= 11 is 0. The monoisotopic (exact) mass is 395 g/mol. The van der Waals surface area contributed by atoms with Crippen LogP contribution in [0.2, 0.25) is 0 Å². The van der Waals surface area contributed by atoms with Gasteiger partial charge in [0, 0.05) is 31.7 Å². The molecule has 1 amide bonds. The van der Waals surface area contributed by atoms with Crippen LogP contribution in [0.25, 0.3) is 0 Å². The Labute approximate surface area is 164 Å². The van der Waals surface area contributed by atoms with Crippen LogP contribution >= 0.6 is 0 Å². The summed E-state index contributed by atoms with van der Waals surface area (Å²) in [6.07, 6.45) is 1.78. The van der Waals surface area contributed by atoms with Crippen molar-refractivity contribution in [3.05, 3.63) is 29.8 Å². The van der Waals surface area contributed by atoms with Crippen LogP contribution in [0.4, 0.5) is 0 Å². The standard InChI is InChI=1S/C20H33N3O3S/c1-16-10-12-23(13-11-16)27(25,26)18-8-6-17(7-9-18)19(24)21-14-20(2,3)15-22(4)5/h6-9,16H,10-15H2,1-5H3,(H,21,24). The van der Waals surface area contributed by atoms with E-state index in [1.54, 1.807) is 16.4 Å². The molecule has 6 nitrogen and oxygen atoms in total. The van der Waals surface area contributed by atoms with Crippen molar-refractivity contribution in [1.29, 1.82) is 0 Å². The summed E-state index contributed by atoms with van der Waals surface area (Å²) in [5, 5.41) is 2.95. The molecule has 27 heavy (non-hydrogen) atoms. The Bertz CT molecular complexity index is 734. The van der Waals surface area contributed by atoms with Crippen molar-refractivity contribution in [2.24, 2.45) is 11.3 Å². The molecular weight excluding hydrogens is 362 g/mol. The zero-order valence-electron chi connectivity index (χ0n) is 17.2. The Hall–Kier alpha value is -1.44. The smallest absolute Gasteiger partial charge is 0.251 e. The lowest BCUT2D eigenvalue weighted by molar-refractivity contribution is 0.0929. The van der Waals surface area contributed by atoms with Crippen LogP contribution in [-0.4, -0.2) is 63.8 Å². The highest BCUT2D eigenvalue weighted by molar-refractivity contribution is 7.89. The summed E-state index contributed by atoms with van der Waals surface area (Å²) in [5.41, 5.74) is 0.426. The second-order valence-corrected chi connectivity index (χ2v) is 10.6. The van der Waals surface area contributed by atoms with Crippen molar-refractivity contribution in [3.63, 3.8) is 0 Å². The number of nitrogens with one attached hydrogen (secondary N) is 1. The van der Waals surface area contributed by atoms with Crippen LogP contribution in [0, 0.1) is 11.3 Å². The molecule has 1 fully saturated rings. The van der Waals surface area contributed by atoms with Gasteiger partial charge in [-0.3, -0.25) is 4.79 Å². The average molecular weight is 396 g/mol. The second kappa shape index (κ2) is 8.71. The van der Waals surface area contributed by atoms with Crippen LogP contribution in [-0.2, 0) is 10.0 Å². The maximum Gasteiger partial charge on any atom is 0.251 e. The van der Waals surface area contributed by atoms with Gasteiger partial charge in [-0.15, -0.1) is 0 Å². The molecule has 152 valence electrons. The third-order valence-electron chi connectivity index (χ3n) is 4.97. The molecule has 0 saturated carbocycles. The number of hydrogen-bond acceptors (Lipinski definition) is 4. The number of hydrogen-bond donors (Lipinski definition) is 1. The van der Waals surface area contributed by atoms with Crippen molar-refractivity contribution >= 4 is 15.9 Å². The van der Waals surface area contributed by atoms with Gasteiger partial charge in [0.2, 0.25) is 10.0 Å². The lowest BCUT2D eigenvalue weighted by Gasteiger charge is -2.29. The summed E-state index contributed by atoms with van der Waals surface area (Å²) < 4.78 is 27.1. The van der Waals surface area contributed by atoms with E-state index in [1.165, 1.54) is 12.1 Å². The van der Waals surface area contributed by atoms with E-state index < -0.39 is 10.0 Å². The van der Waals surface area contributed by atoms with Crippen molar-refractivity contribution in [2.45, 2.75) is 38.5 Å². The largest absolute Gasteiger partial charge is 0.351 e. The lowest BCUT2D eigenvalue weighted by Crippen LogP contribution is -2.40. The zero-order chi connectivity index (χ0) is 20.2. The van der Waals surface area contributed by atoms with Crippen molar-refractivity contribution in [3.8, 4) is 0 Å². The van der Waals surface area contributed by atoms with Gasteiger partial charge in [-0.2, -0.15) is 4.31 Å². The maximum absolute atomic E-state index is 12.8. The maximum atomic E-state index is 12.8. The number of nitrogens with zero attached hydrogens (tertiary/aromatic N) is 2. The molecule has 0 unspecified atom stereocenters. The van der Waals surface area contributed by atoms with E-state index in [2.05, 4.69) is 31.0 Å². The molecule has 0 atom stereocenters. The number of amides is 1. The molecule has 1 aliphatic heterocycles. The van der Waals surface area contributed by atoms with Gasteiger partial charge in [-0.05, 0) is 62.5 Å². The summed E-state index contributed by atoms with van der Waals surface area (Å²) in [4.78, 5) is 14.7. The van der Waals surface area contributed by atoms with E-state index in [1.807, 2.05) is 14.1 Å². The van der Waals surface area contributed by atoms with Crippen LogP contribution in [0.1, 0.15) is 44.0 Å². The fourth-order valence-electron chi connectivity index (χ4n) is 3.49. The van der Waals surface area contributed by atoms with Gasteiger partial charge < -0.3 is 10.2 Å². The van der Waals surface area contributed by atoms with Gasteiger partial charge in [0.25, 0.3) is 5.91 Å². The molecule has 0 bridgehead atoms. The summed E-state index contributed by atoms with van der Waals surface area (Å²) in [6.45, 7) is 8.89. The molecule has 0 aromatic heterocycles. The van der Waals surface area contributed by atoms with Gasteiger partial charge in [-0.25, -0.2) is 8.42 Å². The number of sulfonamides is 1. The molecule has 1 saturated heterocycles. The van der Waals surface area contributed by atoms with Gasteiger partial charge >= 0.3 is 0 Å². The molecule has 1 heterocycles. The number of rotatable bonds is 7. The third kappa shape index (κ3) is 6.02. The van der Waals surface area contributed by atoms with Crippen molar-refractivity contribution in [1.82, 2.24) is 14.5 Å². The topological polar surface area (TPSA) is 69.7 Å². The normalized spacial score (nSPS) is 17.3. The quantitative estimate of drug-likeness (QED) is 0.770. The highest BCUT2D eigenvalue weighted by atomic mass is 32.2. The fraction of sp³-hybridized carbons (Fsp3) is 0.650. The van der Waals surface area contributed by atoms with Crippen LogP contribution in [0.3, 0.4) is 0 Å². The summed E-state index contributed by atoms with van der Waals surface area (Å²) in [6, 6.07) is 6.25. The molecular formula is C20H33N3O3S. The molecule has 0 radical (unpaired) electrons. The van der Waals surface area contributed by atoms with Crippen LogP contribution < -0.4 is 5.32 Å². The number of piperidine rings is 1. The minimum atomic E-state index is -3.48. The molecule has 1 aliphatic rings. The van der Waals surface area contributed by atoms with E-state index in [-0.39, 0.29) is 16.2 Å². The van der Waals surface area contributed by atoms with E-state index >= 15 is 0 Å². The Morgan fingerprint density at radius 1 is 1.19 bits per heavy atom. The van der Waals surface area contributed by atoms with Gasteiger partial charge in [0.1, 0.15) is 0 Å². The predicted molar refractivity (Wildman–Crippen MR) is 108 cm³/mol. The van der Waals surface area contributed by atoms with E-state index in [4.69, 9.17) is 0 Å². The summed E-state index contributed by atoms with van der Waals surface area (Å²) in [5.74, 6) is 0.386. The first-order chi connectivity index (χ1) is 12.5. The zero-order valence-corrected chi connectivity index (χ0v) is 18.0. The Morgan fingerprint density at radius 3 is 2.26 bits per heavy atom. The van der Waals surface area contributed by atoms with Crippen LogP contribution in [0.15, 0.2) is 29.2 Å². The van der Waals surface area contributed by atoms with Crippen molar-refractivity contribution in [2.75, 3.05) is 40.3 Å². The first-order valence-electron chi connectivity index (χ1n) is 9.54. The van der Waals surface area contributed by atoms with Crippen molar-refractivity contribution < 1.29 is 13.2 Å². The molecule has 1 aromatic carbocycles. The van der Waals surface area contributed by atoms with Crippen LogP contribution in [0.5, 0.6) is 0 Å². The first-order valence-corrected chi connectivity index (χ1v) is 11.0. The average Bonchev–Trinajstić information content (AvgIpc) is 2.59. The number of carbonyl (C=O) groups excluding carboxylic acids is 1. The molecule has 1 N–H and O–H groups in total. The lowest BCUT2D eigenvalue weighted by atomic mass is 9.93. The van der Waals surface area contributed by atoms with Gasteiger partial charge in [0.05, 0.1) is 4.90 Å². The summed E-state index contributed by atoms with van der Waals surface area (Å²) in [7, 11) is 0.531. The number of carbonyl (C=O) groups is 1. The van der Waals surface area contributed by atoms with E-state index in [9.17, 15) is 13.2 Å².